The smallest absolute Gasteiger partial charge is 0.422 e. The molecule has 10 heteroatoms. The molecule has 0 saturated heterocycles. The van der Waals surface area contributed by atoms with E-state index in [-0.39, 0.29) is 29.7 Å². The number of aliphatic imine (C=N–C) groups is 1. The molecule has 1 heterocycles. The zero-order valence-electron chi connectivity index (χ0n) is 17.5. The zero-order valence-corrected chi connectivity index (χ0v) is 19.8. The highest BCUT2D eigenvalue weighted by atomic mass is 127. The molecule has 0 spiro atoms. The summed E-state index contributed by atoms with van der Waals surface area (Å²) in [4.78, 5) is 4.19. The fourth-order valence-corrected chi connectivity index (χ4v) is 2.81. The highest BCUT2D eigenvalue weighted by Crippen LogP contribution is 2.18. The summed E-state index contributed by atoms with van der Waals surface area (Å²) < 4.78 is 43.1. The first-order chi connectivity index (χ1) is 14.9. The summed E-state index contributed by atoms with van der Waals surface area (Å²) in [5.74, 6) is 0.812. The third kappa shape index (κ3) is 8.40. The van der Waals surface area contributed by atoms with Gasteiger partial charge in [0.25, 0.3) is 0 Å². The number of halogens is 4. The second-order valence-corrected chi connectivity index (χ2v) is 6.78. The molecule has 0 radical (unpaired) electrons. The summed E-state index contributed by atoms with van der Waals surface area (Å²) in [5.41, 5.74) is 3.00. The molecule has 3 aromatic rings. The van der Waals surface area contributed by atoms with Gasteiger partial charge in [-0.3, -0.25) is 4.99 Å². The Morgan fingerprint density at radius 1 is 1.03 bits per heavy atom. The third-order valence-electron chi connectivity index (χ3n) is 4.37. The molecule has 0 aliphatic carbocycles. The summed E-state index contributed by atoms with van der Waals surface area (Å²) in [7, 11) is 1.68. The van der Waals surface area contributed by atoms with Crippen LogP contribution in [-0.2, 0) is 13.0 Å². The molecular formula is C22H25F3IN5O. The Morgan fingerprint density at radius 3 is 2.41 bits per heavy atom. The van der Waals surface area contributed by atoms with E-state index in [0.29, 0.717) is 19.0 Å². The maximum atomic E-state index is 12.2. The van der Waals surface area contributed by atoms with E-state index in [0.717, 1.165) is 23.2 Å². The van der Waals surface area contributed by atoms with E-state index in [2.05, 4.69) is 20.7 Å². The average Bonchev–Trinajstić information content (AvgIpc) is 3.24. The van der Waals surface area contributed by atoms with Gasteiger partial charge in [0.1, 0.15) is 5.75 Å². The minimum absolute atomic E-state index is 0. The summed E-state index contributed by atoms with van der Waals surface area (Å²) in [6, 6.07) is 16.4. The van der Waals surface area contributed by atoms with Crippen molar-refractivity contribution in [3.05, 3.63) is 78.1 Å². The van der Waals surface area contributed by atoms with Crippen molar-refractivity contribution >= 4 is 29.9 Å². The van der Waals surface area contributed by atoms with Gasteiger partial charge < -0.3 is 15.4 Å². The number of aromatic nitrogens is 2. The summed E-state index contributed by atoms with van der Waals surface area (Å²) in [5, 5.41) is 10.8. The molecule has 1 aromatic heterocycles. The minimum Gasteiger partial charge on any atom is -0.484 e. The number of rotatable bonds is 8. The van der Waals surface area contributed by atoms with Crippen molar-refractivity contribution in [1.29, 1.82) is 0 Å². The standard InChI is InChI=1S/C22H24F3N5O.HI/c1-26-21(28-13-17-7-9-20(10-8-17)31-16-22(23,24)25)27-12-11-18-14-29-30(15-18)19-5-3-2-4-6-19;/h2-10,14-15H,11-13,16H2,1H3,(H2,26,27,28);1H. The molecule has 0 aliphatic rings. The molecule has 32 heavy (non-hydrogen) atoms. The number of ether oxygens (including phenoxy) is 1. The Hall–Kier alpha value is -2.76. The Balaban J connectivity index is 0.00000363. The van der Waals surface area contributed by atoms with Crippen LogP contribution in [0.2, 0.25) is 0 Å². The van der Waals surface area contributed by atoms with Crippen LogP contribution < -0.4 is 15.4 Å². The van der Waals surface area contributed by atoms with E-state index in [4.69, 9.17) is 4.74 Å². The molecule has 0 atom stereocenters. The first-order valence-electron chi connectivity index (χ1n) is 9.75. The lowest BCUT2D eigenvalue weighted by atomic mass is 10.2. The first kappa shape index (κ1) is 25.5. The number of guanidine groups is 1. The molecule has 0 saturated carbocycles. The number of hydrogen-bond donors (Lipinski definition) is 2. The molecule has 0 unspecified atom stereocenters. The van der Waals surface area contributed by atoms with Gasteiger partial charge in [-0.15, -0.1) is 24.0 Å². The van der Waals surface area contributed by atoms with Gasteiger partial charge in [0.15, 0.2) is 12.6 Å². The van der Waals surface area contributed by atoms with Gasteiger partial charge in [-0.1, -0.05) is 30.3 Å². The van der Waals surface area contributed by atoms with Crippen LogP contribution in [0.15, 0.2) is 72.0 Å². The average molecular weight is 559 g/mol. The fourth-order valence-electron chi connectivity index (χ4n) is 2.81. The van der Waals surface area contributed by atoms with Gasteiger partial charge in [0.05, 0.1) is 11.9 Å². The summed E-state index contributed by atoms with van der Waals surface area (Å²) in [6.45, 7) is -0.152. The van der Waals surface area contributed by atoms with Crippen LogP contribution in [0.25, 0.3) is 5.69 Å². The van der Waals surface area contributed by atoms with Gasteiger partial charge in [0, 0.05) is 26.3 Å². The van der Waals surface area contributed by atoms with Crippen molar-refractivity contribution in [3.63, 3.8) is 0 Å². The molecule has 0 amide bonds. The SMILES string of the molecule is CN=C(NCCc1cnn(-c2ccccc2)c1)NCc1ccc(OCC(F)(F)F)cc1.I. The van der Waals surface area contributed by atoms with Gasteiger partial charge in [-0.05, 0) is 41.8 Å². The predicted molar refractivity (Wildman–Crippen MR) is 129 cm³/mol. The van der Waals surface area contributed by atoms with E-state index in [1.54, 1.807) is 19.2 Å². The van der Waals surface area contributed by atoms with Crippen LogP contribution in [0.1, 0.15) is 11.1 Å². The van der Waals surface area contributed by atoms with E-state index in [1.165, 1.54) is 12.1 Å². The monoisotopic (exact) mass is 559 g/mol. The third-order valence-corrected chi connectivity index (χ3v) is 4.37. The Morgan fingerprint density at radius 2 is 1.75 bits per heavy atom. The Bertz CT molecular complexity index is 975. The second-order valence-electron chi connectivity index (χ2n) is 6.78. The van der Waals surface area contributed by atoms with E-state index >= 15 is 0 Å². The van der Waals surface area contributed by atoms with Crippen molar-refractivity contribution in [2.75, 3.05) is 20.2 Å². The number of nitrogens with zero attached hydrogens (tertiary/aromatic N) is 3. The molecule has 6 nitrogen and oxygen atoms in total. The van der Waals surface area contributed by atoms with E-state index in [1.807, 2.05) is 47.4 Å². The maximum Gasteiger partial charge on any atom is 0.422 e. The maximum absolute atomic E-state index is 12.2. The Kier molecular flexibility index (Phi) is 9.82. The molecule has 3 rings (SSSR count). The molecule has 172 valence electrons. The van der Waals surface area contributed by atoms with Crippen molar-refractivity contribution in [1.82, 2.24) is 20.4 Å². The highest BCUT2D eigenvalue weighted by molar-refractivity contribution is 14.0. The zero-order chi connectivity index (χ0) is 22.1. The van der Waals surface area contributed by atoms with Gasteiger partial charge in [0.2, 0.25) is 0 Å². The number of alkyl halides is 3. The van der Waals surface area contributed by atoms with Crippen LogP contribution in [0.5, 0.6) is 5.75 Å². The molecular weight excluding hydrogens is 534 g/mol. The lowest BCUT2D eigenvalue weighted by Crippen LogP contribution is -2.37. The van der Waals surface area contributed by atoms with Gasteiger partial charge in [-0.25, -0.2) is 4.68 Å². The van der Waals surface area contributed by atoms with Crippen molar-refractivity contribution in [3.8, 4) is 11.4 Å². The largest absolute Gasteiger partial charge is 0.484 e. The summed E-state index contributed by atoms with van der Waals surface area (Å²) in [6.07, 6.45) is 0.264. The number of para-hydroxylation sites is 1. The van der Waals surface area contributed by atoms with Gasteiger partial charge >= 0.3 is 6.18 Å². The lowest BCUT2D eigenvalue weighted by molar-refractivity contribution is -0.153. The van der Waals surface area contributed by atoms with Crippen molar-refractivity contribution in [2.45, 2.75) is 19.1 Å². The van der Waals surface area contributed by atoms with Crippen molar-refractivity contribution in [2.24, 2.45) is 4.99 Å². The topological polar surface area (TPSA) is 63.5 Å². The van der Waals surface area contributed by atoms with Crippen LogP contribution in [-0.4, -0.2) is 42.1 Å². The molecule has 0 fully saturated rings. The number of hydrogen-bond acceptors (Lipinski definition) is 3. The van der Waals surface area contributed by atoms with Crippen LogP contribution in [0, 0.1) is 0 Å². The van der Waals surface area contributed by atoms with Crippen LogP contribution in [0.3, 0.4) is 0 Å². The second kappa shape index (κ2) is 12.3. The Labute approximate surface area is 201 Å². The normalized spacial score (nSPS) is 11.6. The van der Waals surface area contributed by atoms with Crippen LogP contribution >= 0.6 is 24.0 Å². The lowest BCUT2D eigenvalue weighted by Gasteiger charge is -2.12. The quantitative estimate of drug-likeness (QED) is 0.245. The first-order valence-corrected chi connectivity index (χ1v) is 9.75. The highest BCUT2D eigenvalue weighted by Gasteiger charge is 2.28. The number of benzene rings is 2. The van der Waals surface area contributed by atoms with E-state index in [9.17, 15) is 13.2 Å². The van der Waals surface area contributed by atoms with E-state index < -0.39 is 12.8 Å². The predicted octanol–water partition coefficient (Wildman–Crippen LogP) is 4.34. The molecule has 2 aromatic carbocycles. The van der Waals surface area contributed by atoms with Crippen molar-refractivity contribution < 1.29 is 17.9 Å². The molecule has 0 bridgehead atoms. The fraction of sp³-hybridized carbons (Fsp3) is 0.273. The van der Waals surface area contributed by atoms with Gasteiger partial charge in [-0.2, -0.15) is 18.3 Å². The molecule has 0 aliphatic heterocycles. The minimum atomic E-state index is -4.35. The molecule has 2 N–H and O–H groups in total. The van der Waals surface area contributed by atoms with Crippen LogP contribution in [0.4, 0.5) is 13.2 Å². The number of nitrogens with one attached hydrogen (secondary N) is 2. The summed E-state index contributed by atoms with van der Waals surface area (Å²) >= 11 is 0.